The maximum atomic E-state index is 13.1. The summed E-state index contributed by atoms with van der Waals surface area (Å²) in [5.41, 5.74) is 1.39. The minimum Gasteiger partial charge on any atom is -0.349 e. The predicted octanol–water partition coefficient (Wildman–Crippen LogP) is 1.34. The normalized spacial score (nSPS) is 15.3. The van der Waals surface area contributed by atoms with Gasteiger partial charge in [0.2, 0.25) is 0 Å². The number of aromatic nitrogens is 3. The second kappa shape index (κ2) is 8.47. The number of aryl methyl sites for hydroxylation is 2. The Morgan fingerprint density at radius 2 is 1.77 bits per heavy atom. The van der Waals surface area contributed by atoms with Gasteiger partial charge in [0.25, 0.3) is 11.5 Å². The molecule has 3 aromatic rings. The number of hydrogen-bond acceptors (Lipinski definition) is 5. The van der Waals surface area contributed by atoms with Crippen molar-refractivity contribution >= 4 is 16.9 Å². The van der Waals surface area contributed by atoms with E-state index in [4.69, 9.17) is 0 Å². The van der Waals surface area contributed by atoms with Gasteiger partial charge in [-0.2, -0.15) is 0 Å². The van der Waals surface area contributed by atoms with Crippen molar-refractivity contribution in [3.63, 3.8) is 0 Å². The third-order valence-electron chi connectivity index (χ3n) is 5.95. The first-order valence-corrected chi connectivity index (χ1v) is 10.5. The van der Waals surface area contributed by atoms with Crippen LogP contribution in [0.5, 0.6) is 0 Å². The Hall–Kier alpha value is -3.26. The van der Waals surface area contributed by atoms with Gasteiger partial charge in [-0.3, -0.25) is 23.6 Å². The molecule has 8 heteroatoms. The van der Waals surface area contributed by atoms with Gasteiger partial charge in [0, 0.05) is 45.5 Å². The molecule has 162 valence electrons. The van der Waals surface area contributed by atoms with E-state index >= 15 is 0 Å². The van der Waals surface area contributed by atoms with Crippen LogP contribution in [-0.2, 0) is 20.6 Å². The lowest BCUT2D eigenvalue weighted by Crippen LogP contribution is -2.45. The van der Waals surface area contributed by atoms with E-state index in [2.05, 4.69) is 27.3 Å². The Morgan fingerprint density at radius 1 is 1.10 bits per heavy atom. The van der Waals surface area contributed by atoms with Crippen LogP contribution in [0.3, 0.4) is 0 Å². The maximum absolute atomic E-state index is 13.1. The van der Waals surface area contributed by atoms with Crippen LogP contribution >= 0.6 is 0 Å². The number of nitrogens with one attached hydrogen (secondary N) is 1. The molecule has 2 aromatic heterocycles. The second-order valence-corrected chi connectivity index (χ2v) is 8.23. The van der Waals surface area contributed by atoms with Crippen LogP contribution < -0.4 is 16.6 Å². The van der Waals surface area contributed by atoms with E-state index in [0.717, 1.165) is 37.0 Å². The van der Waals surface area contributed by atoms with Crippen molar-refractivity contribution in [3.8, 4) is 0 Å². The molecule has 1 saturated heterocycles. The van der Waals surface area contributed by atoms with E-state index < -0.39 is 11.2 Å². The quantitative estimate of drug-likeness (QED) is 0.687. The lowest BCUT2D eigenvalue weighted by Gasteiger charge is -2.32. The van der Waals surface area contributed by atoms with E-state index in [-0.39, 0.29) is 28.5 Å². The molecule has 0 spiro atoms. The first kappa shape index (κ1) is 21.0. The van der Waals surface area contributed by atoms with Gasteiger partial charge in [-0.1, -0.05) is 30.3 Å². The summed E-state index contributed by atoms with van der Waals surface area (Å²) < 4.78 is 2.32. The average Bonchev–Trinajstić information content (AvgIpc) is 2.77. The molecule has 31 heavy (non-hydrogen) atoms. The fourth-order valence-electron chi connectivity index (χ4n) is 4.20. The highest BCUT2D eigenvalue weighted by molar-refractivity contribution is 6.05. The van der Waals surface area contributed by atoms with Gasteiger partial charge < -0.3 is 5.32 Å². The van der Waals surface area contributed by atoms with Gasteiger partial charge in [-0.15, -0.1) is 0 Å². The molecule has 0 saturated carbocycles. The van der Waals surface area contributed by atoms with Crippen molar-refractivity contribution in [1.29, 1.82) is 0 Å². The minimum absolute atomic E-state index is 0.0411. The largest absolute Gasteiger partial charge is 0.349 e. The zero-order valence-electron chi connectivity index (χ0n) is 18.1. The molecule has 1 N–H and O–H groups in total. The van der Waals surface area contributed by atoms with Crippen molar-refractivity contribution in [2.75, 3.05) is 13.1 Å². The number of hydrogen-bond donors (Lipinski definition) is 1. The zero-order chi connectivity index (χ0) is 22.1. The third kappa shape index (κ3) is 4.16. The van der Waals surface area contributed by atoms with E-state index in [1.807, 2.05) is 18.2 Å². The number of amides is 1. The highest BCUT2D eigenvalue weighted by atomic mass is 16.2. The van der Waals surface area contributed by atoms with Crippen LogP contribution in [0.25, 0.3) is 11.0 Å². The SMILES string of the molecule is Cc1cc(C(=O)NC2CCN(Cc3ccccc3)CC2)c2c(=O)n(C)c(=O)n(C)c2n1. The molecule has 1 aliphatic rings. The van der Waals surface area contributed by atoms with Crippen LogP contribution in [0.4, 0.5) is 0 Å². The minimum atomic E-state index is -0.506. The molecule has 4 rings (SSSR count). The highest BCUT2D eigenvalue weighted by Gasteiger charge is 2.24. The monoisotopic (exact) mass is 421 g/mol. The van der Waals surface area contributed by atoms with Gasteiger partial charge in [0.1, 0.15) is 5.65 Å². The Morgan fingerprint density at radius 3 is 2.45 bits per heavy atom. The number of fused-ring (bicyclic) bond motifs is 1. The zero-order valence-corrected chi connectivity index (χ0v) is 18.1. The van der Waals surface area contributed by atoms with Crippen LogP contribution in [0, 0.1) is 6.92 Å². The molecule has 1 amide bonds. The Labute approximate surface area is 180 Å². The molecule has 0 unspecified atom stereocenters. The van der Waals surface area contributed by atoms with E-state index in [1.165, 1.54) is 17.2 Å². The Bertz CT molecular complexity index is 1240. The first-order chi connectivity index (χ1) is 14.8. The van der Waals surface area contributed by atoms with Gasteiger partial charge >= 0.3 is 5.69 Å². The molecule has 1 aliphatic heterocycles. The van der Waals surface area contributed by atoms with E-state index in [0.29, 0.717) is 5.69 Å². The molecular weight excluding hydrogens is 394 g/mol. The van der Waals surface area contributed by atoms with Crippen LogP contribution in [0.1, 0.15) is 34.5 Å². The summed E-state index contributed by atoms with van der Waals surface area (Å²) in [5.74, 6) is -0.298. The molecular formula is C23H27N5O3. The number of carbonyl (C=O) groups is 1. The number of benzene rings is 1. The molecule has 1 fully saturated rings. The topological polar surface area (TPSA) is 89.2 Å². The molecule has 0 radical (unpaired) electrons. The van der Waals surface area contributed by atoms with Gasteiger partial charge in [0.05, 0.1) is 10.9 Å². The fourth-order valence-corrected chi connectivity index (χ4v) is 4.20. The van der Waals surface area contributed by atoms with Crippen molar-refractivity contribution in [3.05, 3.63) is 74.1 Å². The van der Waals surface area contributed by atoms with Crippen LogP contribution in [0.2, 0.25) is 0 Å². The summed E-state index contributed by atoms with van der Waals surface area (Å²) in [6.07, 6.45) is 1.69. The summed E-state index contributed by atoms with van der Waals surface area (Å²) in [7, 11) is 2.97. The number of carbonyl (C=O) groups excluding carboxylic acids is 1. The summed E-state index contributed by atoms with van der Waals surface area (Å²) in [5, 5.41) is 3.27. The molecule has 0 bridgehead atoms. The summed E-state index contributed by atoms with van der Waals surface area (Å²) in [4.78, 5) is 44.9. The van der Waals surface area contributed by atoms with Crippen molar-refractivity contribution in [2.24, 2.45) is 14.1 Å². The summed E-state index contributed by atoms with van der Waals surface area (Å²) in [6.45, 7) is 4.44. The van der Waals surface area contributed by atoms with Crippen LogP contribution in [0.15, 0.2) is 46.0 Å². The number of piperidine rings is 1. The van der Waals surface area contributed by atoms with Crippen molar-refractivity contribution < 1.29 is 4.79 Å². The first-order valence-electron chi connectivity index (χ1n) is 10.5. The molecule has 0 atom stereocenters. The number of rotatable bonds is 4. The van der Waals surface area contributed by atoms with Gasteiger partial charge in [-0.05, 0) is 31.4 Å². The summed E-state index contributed by atoms with van der Waals surface area (Å²) >= 11 is 0. The number of pyridine rings is 1. The lowest BCUT2D eigenvalue weighted by molar-refractivity contribution is 0.0910. The molecule has 3 heterocycles. The lowest BCUT2D eigenvalue weighted by atomic mass is 10.0. The van der Waals surface area contributed by atoms with E-state index in [1.54, 1.807) is 20.0 Å². The number of nitrogens with zero attached hydrogens (tertiary/aromatic N) is 4. The van der Waals surface area contributed by atoms with Crippen molar-refractivity contribution in [2.45, 2.75) is 32.4 Å². The van der Waals surface area contributed by atoms with Crippen LogP contribution in [-0.4, -0.2) is 44.1 Å². The Kier molecular flexibility index (Phi) is 5.73. The number of likely N-dealkylation sites (tertiary alicyclic amines) is 1. The fraction of sp³-hybridized carbons (Fsp3) is 0.391. The standard InChI is InChI=1S/C23H27N5O3/c1-15-13-18(19-20(24-15)26(2)23(31)27(3)22(19)30)21(29)25-17-9-11-28(12-10-17)14-16-7-5-4-6-8-16/h4-8,13,17H,9-12,14H2,1-3H3,(H,25,29). The molecule has 8 nitrogen and oxygen atoms in total. The smallest absolute Gasteiger partial charge is 0.332 e. The maximum Gasteiger partial charge on any atom is 0.332 e. The molecule has 0 aliphatic carbocycles. The van der Waals surface area contributed by atoms with Gasteiger partial charge in [0.15, 0.2) is 0 Å². The van der Waals surface area contributed by atoms with Crippen molar-refractivity contribution in [1.82, 2.24) is 24.3 Å². The predicted molar refractivity (Wildman–Crippen MR) is 119 cm³/mol. The molecule has 1 aromatic carbocycles. The third-order valence-corrected chi connectivity index (χ3v) is 5.95. The Balaban J connectivity index is 1.52. The second-order valence-electron chi connectivity index (χ2n) is 8.23. The average molecular weight is 422 g/mol. The van der Waals surface area contributed by atoms with Gasteiger partial charge in [-0.25, -0.2) is 9.78 Å². The highest BCUT2D eigenvalue weighted by Crippen LogP contribution is 2.17. The van der Waals surface area contributed by atoms with E-state index in [9.17, 15) is 14.4 Å². The summed E-state index contributed by atoms with van der Waals surface area (Å²) in [6, 6.07) is 12.0.